The van der Waals surface area contributed by atoms with Gasteiger partial charge in [-0.25, -0.2) is 23.1 Å². The minimum absolute atomic E-state index is 0.00458. The molecule has 1 aliphatic rings. The fourth-order valence-corrected chi connectivity index (χ4v) is 6.15. The van der Waals surface area contributed by atoms with Crippen molar-refractivity contribution in [3.05, 3.63) is 42.2 Å². The van der Waals surface area contributed by atoms with E-state index in [1.54, 1.807) is 32.3 Å². The van der Waals surface area contributed by atoms with Crippen molar-refractivity contribution in [2.24, 2.45) is 0 Å². The molecule has 2 N–H and O–H groups in total. The highest BCUT2D eigenvalue weighted by Crippen LogP contribution is 2.33. The summed E-state index contributed by atoms with van der Waals surface area (Å²) in [6.07, 6.45) is 0. The lowest BCUT2D eigenvalue weighted by molar-refractivity contribution is -0.134. The van der Waals surface area contributed by atoms with E-state index in [0.717, 1.165) is 15.6 Å². The van der Waals surface area contributed by atoms with Crippen LogP contribution in [-0.4, -0.2) is 79.4 Å². The van der Waals surface area contributed by atoms with Crippen molar-refractivity contribution in [2.75, 3.05) is 33.7 Å². The Balaban J connectivity index is 1.89. The highest BCUT2D eigenvalue weighted by molar-refractivity contribution is 7.91. The van der Waals surface area contributed by atoms with E-state index < -0.39 is 27.8 Å². The van der Waals surface area contributed by atoms with Gasteiger partial charge in [-0.05, 0) is 29.8 Å². The molecule has 3 amide bonds. The second kappa shape index (κ2) is 8.68. The zero-order valence-electron chi connectivity index (χ0n) is 16.3. The van der Waals surface area contributed by atoms with Gasteiger partial charge in [0.25, 0.3) is 15.9 Å². The summed E-state index contributed by atoms with van der Waals surface area (Å²) < 4.78 is 40.6. The highest BCUT2D eigenvalue weighted by atomic mass is 32.2. The Morgan fingerprint density at radius 1 is 1.17 bits per heavy atom. The van der Waals surface area contributed by atoms with Crippen molar-refractivity contribution in [1.29, 1.82) is 0 Å². The number of nitrogens with one attached hydrogen (secondary N) is 1. The van der Waals surface area contributed by atoms with Crippen LogP contribution in [-0.2, 0) is 14.8 Å². The van der Waals surface area contributed by atoms with Gasteiger partial charge in [-0.1, -0.05) is 12.1 Å². The van der Waals surface area contributed by atoms with Gasteiger partial charge < -0.3 is 9.80 Å². The van der Waals surface area contributed by atoms with Gasteiger partial charge in [0.1, 0.15) is 16.1 Å². The van der Waals surface area contributed by atoms with Gasteiger partial charge in [0, 0.05) is 38.6 Å². The first-order valence-electron chi connectivity index (χ1n) is 8.93. The summed E-state index contributed by atoms with van der Waals surface area (Å²) in [6.45, 7) is -0.204. The number of rotatable bonds is 4. The summed E-state index contributed by atoms with van der Waals surface area (Å²) in [6, 6.07) is 7.04. The van der Waals surface area contributed by atoms with E-state index in [4.69, 9.17) is 5.21 Å². The first-order chi connectivity index (χ1) is 14.1. The predicted molar refractivity (Wildman–Crippen MR) is 108 cm³/mol. The first kappa shape index (κ1) is 22.2. The number of piperazine rings is 1. The third kappa shape index (κ3) is 4.31. The summed E-state index contributed by atoms with van der Waals surface area (Å²) >= 11 is 0.991. The van der Waals surface area contributed by atoms with Crippen molar-refractivity contribution in [3.63, 3.8) is 0 Å². The molecule has 2 aromatic rings. The Labute approximate surface area is 177 Å². The van der Waals surface area contributed by atoms with Gasteiger partial charge in [0.15, 0.2) is 0 Å². The normalized spacial score (nSPS) is 17.6. The Hall–Kier alpha value is -2.54. The largest absolute Gasteiger partial charge is 0.331 e. The molecule has 2 heterocycles. The maximum atomic E-state index is 13.2. The Bertz CT molecular complexity index is 1040. The van der Waals surface area contributed by atoms with Crippen molar-refractivity contribution >= 4 is 33.3 Å². The number of halogens is 1. The smallest absolute Gasteiger partial charge is 0.319 e. The third-order valence-corrected chi connectivity index (χ3v) is 8.18. The minimum Gasteiger partial charge on any atom is -0.331 e. The van der Waals surface area contributed by atoms with Gasteiger partial charge in [-0.3, -0.25) is 10.0 Å². The molecule has 162 valence electrons. The molecule has 1 aliphatic heterocycles. The monoisotopic (exact) mass is 456 g/mol. The van der Waals surface area contributed by atoms with E-state index in [-0.39, 0.29) is 29.9 Å². The van der Waals surface area contributed by atoms with Crippen LogP contribution in [0.1, 0.15) is 0 Å². The molecule has 1 aromatic heterocycles. The molecule has 12 heteroatoms. The van der Waals surface area contributed by atoms with Crippen molar-refractivity contribution in [2.45, 2.75) is 10.3 Å². The van der Waals surface area contributed by atoms with E-state index in [1.165, 1.54) is 33.5 Å². The van der Waals surface area contributed by atoms with Crippen molar-refractivity contribution in [3.8, 4) is 10.4 Å². The van der Waals surface area contributed by atoms with E-state index in [0.29, 0.717) is 10.4 Å². The second-order valence-electron chi connectivity index (χ2n) is 6.86. The summed E-state index contributed by atoms with van der Waals surface area (Å²) in [4.78, 5) is 27.7. The van der Waals surface area contributed by atoms with Crippen LogP contribution in [0, 0.1) is 5.82 Å². The molecule has 1 aromatic carbocycles. The van der Waals surface area contributed by atoms with Gasteiger partial charge in [-0.2, -0.15) is 4.31 Å². The summed E-state index contributed by atoms with van der Waals surface area (Å²) in [7, 11) is -0.975. The number of hydrogen-bond acceptors (Lipinski definition) is 6. The van der Waals surface area contributed by atoms with Gasteiger partial charge >= 0.3 is 6.03 Å². The summed E-state index contributed by atoms with van der Waals surface area (Å²) in [5.41, 5.74) is 2.15. The van der Waals surface area contributed by atoms with Crippen molar-refractivity contribution < 1.29 is 27.6 Å². The summed E-state index contributed by atoms with van der Waals surface area (Å²) in [5, 5.41) is 9.09. The van der Waals surface area contributed by atoms with Gasteiger partial charge in [0.2, 0.25) is 0 Å². The third-order valence-electron chi connectivity index (χ3n) is 4.67. The zero-order chi connectivity index (χ0) is 22.1. The summed E-state index contributed by atoms with van der Waals surface area (Å²) in [5.74, 6) is -1.32. The lowest BCUT2D eigenvalue weighted by atomic mass is 10.2. The molecule has 0 unspecified atom stereocenters. The number of sulfonamides is 1. The molecule has 0 bridgehead atoms. The van der Waals surface area contributed by atoms with Crippen LogP contribution in [0.4, 0.5) is 9.18 Å². The first-order valence-corrected chi connectivity index (χ1v) is 11.2. The quantitative estimate of drug-likeness (QED) is 0.534. The van der Waals surface area contributed by atoms with Crippen LogP contribution in [0.15, 0.2) is 40.6 Å². The maximum Gasteiger partial charge on any atom is 0.319 e. The zero-order valence-corrected chi connectivity index (χ0v) is 17.9. The SMILES string of the molecule is CN(C)C(=O)N1CCN(S(=O)(=O)c2ccc(-c3ccc(F)cc3)s2)[C@@H](C(=O)NO)C1. The molecule has 1 saturated heterocycles. The fourth-order valence-electron chi connectivity index (χ4n) is 3.14. The number of thiophene rings is 1. The number of amides is 3. The Morgan fingerprint density at radius 2 is 1.83 bits per heavy atom. The van der Waals surface area contributed by atoms with Crippen molar-refractivity contribution in [1.82, 2.24) is 19.6 Å². The topological polar surface area (TPSA) is 110 Å². The molecule has 1 fully saturated rings. The average Bonchev–Trinajstić information content (AvgIpc) is 3.23. The minimum atomic E-state index is -4.08. The molecule has 0 radical (unpaired) electrons. The number of hydroxylamine groups is 1. The van der Waals surface area contributed by atoms with E-state index in [9.17, 15) is 22.4 Å². The maximum absolute atomic E-state index is 13.2. The Morgan fingerprint density at radius 3 is 2.43 bits per heavy atom. The van der Waals surface area contributed by atoms with E-state index in [2.05, 4.69) is 0 Å². The molecular formula is C18H21FN4O5S2. The molecule has 0 saturated carbocycles. The second-order valence-corrected chi connectivity index (χ2v) is 10.1. The van der Waals surface area contributed by atoms with Crippen LogP contribution in [0.25, 0.3) is 10.4 Å². The van der Waals surface area contributed by atoms with Gasteiger partial charge in [0.05, 0.1) is 0 Å². The van der Waals surface area contributed by atoms with E-state index in [1.807, 2.05) is 0 Å². The van der Waals surface area contributed by atoms with Crippen LogP contribution >= 0.6 is 11.3 Å². The molecular weight excluding hydrogens is 435 g/mol. The van der Waals surface area contributed by atoms with Crippen LogP contribution < -0.4 is 5.48 Å². The predicted octanol–water partition coefficient (Wildman–Crippen LogP) is 1.42. The van der Waals surface area contributed by atoms with E-state index >= 15 is 0 Å². The number of urea groups is 1. The average molecular weight is 457 g/mol. The fraction of sp³-hybridized carbons (Fsp3) is 0.333. The number of hydrogen-bond donors (Lipinski definition) is 2. The standard InChI is InChI=1S/C18H21FN4O5S2/c1-21(2)18(25)22-9-10-23(14(11-22)17(24)20-26)30(27,28)16-8-7-15(29-16)12-3-5-13(19)6-4-12/h3-8,14,26H,9-11H2,1-2H3,(H,20,24)/t14-/m1/s1. The van der Waals surface area contributed by atoms with Crippen LogP contribution in [0.2, 0.25) is 0 Å². The molecule has 30 heavy (non-hydrogen) atoms. The van der Waals surface area contributed by atoms with Gasteiger partial charge in [-0.15, -0.1) is 11.3 Å². The molecule has 1 atom stereocenters. The molecule has 0 spiro atoms. The Kier molecular flexibility index (Phi) is 6.41. The van der Waals surface area contributed by atoms with Crippen LogP contribution in [0.5, 0.6) is 0 Å². The number of benzene rings is 1. The number of nitrogens with zero attached hydrogens (tertiary/aromatic N) is 3. The number of carbonyl (C=O) groups is 2. The lowest BCUT2D eigenvalue weighted by Gasteiger charge is -2.39. The lowest BCUT2D eigenvalue weighted by Crippen LogP contribution is -2.62. The number of carbonyl (C=O) groups excluding carboxylic acids is 2. The molecule has 3 rings (SSSR count). The van der Waals surface area contributed by atoms with Crippen LogP contribution in [0.3, 0.4) is 0 Å². The highest BCUT2D eigenvalue weighted by Gasteiger charge is 2.42. The molecule has 0 aliphatic carbocycles. The molecule has 9 nitrogen and oxygen atoms in total.